The van der Waals surface area contributed by atoms with Crippen LogP contribution in [0.25, 0.3) is 5.57 Å². The largest absolute Gasteiger partial charge is 0.416 e. The summed E-state index contributed by atoms with van der Waals surface area (Å²) < 4.78 is 81.0. The first-order valence-electron chi connectivity index (χ1n) is 10.5. The van der Waals surface area contributed by atoms with Gasteiger partial charge >= 0.3 is 12.4 Å². The van der Waals surface area contributed by atoms with Crippen LogP contribution in [0.15, 0.2) is 54.3 Å². The van der Waals surface area contributed by atoms with Gasteiger partial charge in [0.05, 0.1) is 28.6 Å². The summed E-state index contributed by atoms with van der Waals surface area (Å²) in [4.78, 5) is 3.98. The summed E-state index contributed by atoms with van der Waals surface area (Å²) in [7, 11) is 0. The van der Waals surface area contributed by atoms with Crippen LogP contribution in [0.4, 0.5) is 32.2 Å². The van der Waals surface area contributed by atoms with Gasteiger partial charge in [0.1, 0.15) is 5.82 Å². The number of pyridine rings is 1. The standard InChI is InChI=1S/C23H24F6N4/c1-3-6-15(12-16(7-4-2)22(24,25)26)19-14-20-18(8-5-11-33(20)32-19)31-21-13-17(9-10-30-21)23(27,28)29/h3,6-7,9-10,12-14,18H,4-5,8,11H2,1-2H3,(H,30,31)/b6-3-,15-12+,16-7-. The van der Waals surface area contributed by atoms with Crippen molar-refractivity contribution in [1.82, 2.24) is 14.8 Å². The highest BCUT2D eigenvalue weighted by Gasteiger charge is 2.33. The Balaban J connectivity index is 1.95. The minimum atomic E-state index is -4.50. The molecule has 1 unspecified atom stereocenters. The van der Waals surface area contributed by atoms with Gasteiger partial charge in [-0.3, -0.25) is 4.68 Å². The molecular weight excluding hydrogens is 446 g/mol. The van der Waals surface area contributed by atoms with E-state index in [1.165, 1.54) is 0 Å². The van der Waals surface area contributed by atoms with Gasteiger partial charge in [-0.1, -0.05) is 25.2 Å². The molecule has 1 aliphatic heterocycles. The summed E-state index contributed by atoms with van der Waals surface area (Å²) >= 11 is 0. The molecule has 1 N–H and O–H groups in total. The zero-order valence-electron chi connectivity index (χ0n) is 18.1. The molecule has 33 heavy (non-hydrogen) atoms. The molecule has 178 valence electrons. The van der Waals surface area contributed by atoms with E-state index in [0.29, 0.717) is 36.3 Å². The average molecular weight is 470 g/mol. The molecule has 0 saturated carbocycles. The molecular formula is C23H24F6N4. The Morgan fingerprint density at radius 3 is 2.61 bits per heavy atom. The van der Waals surface area contributed by atoms with Crippen LogP contribution in [0.5, 0.6) is 0 Å². The van der Waals surface area contributed by atoms with E-state index in [-0.39, 0.29) is 18.3 Å². The smallest absolute Gasteiger partial charge is 0.362 e. The lowest BCUT2D eigenvalue weighted by Crippen LogP contribution is -2.22. The Morgan fingerprint density at radius 2 is 1.97 bits per heavy atom. The molecule has 1 aliphatic rings. The average Bonchev–Trinajstić information content (AvgIpc) is 3.17. The second kappa shape index (κ2) is 9.84. The molecule has 1 atom stereocenters. The fraction of sp³-hybridized carbons (Fsp3) is 0.391. The molecule has 4 nitrogen and oxygen atoms in total. The van der Waals surface area contributed by atoms with Crippen LogP contribution in [0.1, 0.15) is 56.1 Å². The van der Waals surface area contributed by atoms with Gasteiger partial charge in [0.2, 0.25) is 0 Å². The number of rotatable bonds is 6. The van der Waals surface area contributed by atoms with Crippen molar-refractivity contribution in [3.63, 3.8) is 0 Å². The monoisotopic (exact) mass is 470 g/mol. The number of fused-ring (bicyclic) bond motifs is 1. The summed E-state index contributed by atoms with van der Waals surface area (Å²) in [5.74, 6) is 0.0699. The Hall–Kier alpha value is -3.04. The number of nitrogens with one attached hydrogen (secondary N) is 1. The maximum atomic E-state index is 13.4. The van der Waals surface area contributed by atoms with Crippen LogP contribution < -0.4 is 5.32 Å². The van der Waals surface area contributed by atoms with Crippen molar-refractivity contribution < 1.29 is 26.3 Å². The second-order valence-corrected chi connectivity index (χ2v) is 7.61. The summed E-state index contributed by atoms with van der Waals surface area (Å²) in [6.45, 7) is 3.89. The van der Waals surface area contributed by atoms with Gasteiger partial charge in [-0.05, 0) is 50.5 Å². The predicted octanol–water partition coefficient (Wildman–Crippen LogP) is 7.10. The first-order valence-corrected chi connectivity index (χ1v) is 10.5. The Labute approximate surface area is 187 Å². The van der Waals surface area contributed by atoms with Crippen LogP contribution in [0.2, 0.25) is 0 Å². The SMILES string of the molecule is C\C=C/C(=C\C(=C\CC)C(F)(F)F)c1cc2n(n1)CCCC2Nc1cc(C(F)(F)F)ccn1. The van der Waals surface area contributed by atoms with Crippen LogP contribution in [-0.2, 0) is 12.7 Å². The number of halogens is 6. The van der Waals surface area contributed by atoms with Crippen molar-refractivity contribution in [3.05, 3.63) is 71.2 Å². The maximum absolute atomic E-state index is 13.4. The van der Waals surface area contributed by atoms with Crippen molar-refractivity contribution >= 4 is 11.4 Å². The molecule has 3 heterocycles. The minimum Gasteiger partial charge on any atom is -0.362 e. The number of nitrogens with zero attached hydrogens (tertiary/aromatic N) is 3. The number of anilines is 1. The lowest BCUT2D eigenvalue weighted by molar-refractivity contribution is -0.137. The third-order valence-electron chi connectivity index (χ3n) is 5.14. The molecule has 0 amide bonds. The highest BCUT2D eigenvalue weighted by molar-refractivity contribution is 5.74. The van der Waals surface area contributed by atoms with E-state index in [9.17, 15) is 26.3 Å². The summed E-state index contributed by atoms with van der Waals surface area (Å²) in [6.07, 6.45) is -0.986. The Bertz CT molecular complexity index is 1060. The first kappa shape index (κ1) is 24.6. The molecule has 10 heteroatoms. The normalized spacial score (nSPS) is 18.0. The van der Waals surface area contributed by atoms with Crippen molar-refractivity contribution in [2.24, 2.45) is 0 Å². The lowest BCUT2D eigenvalue weighted by Gasteiger charge is -2.25. The van der Waals surface area contributed by atoms with Gasteiger partial charge in [0.15, 0.2) is 0 Å². The molecule has 0 saturated heterocycles. The van der Waals surface area contributed by atoms with Crippen molar-refractivity contribution in [1.29, 1.82) is 0 Å². The number of hydrogen-bond acceptors (Lipinski definition) is 3. The van der Waals surface area contributed by atoms with Gasteiger partial charge in [0, 0.05) is 18.3 Å². The van der Waals surface area contributed by atoms with Crippen LogP contribution >= 0.6 is 0 Å². The molecule has 3 rings (SSSR count). The van der Waals surface area contributed by atoms with E-state index < -0.39 is 23.5 Å². The molecule has 0 aliphatic carbocycles. The zero-order chi connectivity index (χ0) is 24.2. The third-order valence-corrected chi connectivity index (χ3v) is 5.14. The van der Waals surface area contributed by atoms with E-state index in [0.717, 1.165) is 30.5 Å². The van der Waals surface area contributed by atoms with Gasteiger partial charge < -0.3 is 5.32 Å². The summed E-state index contributed by atoms with van der Waals surface area (Å²) in [5.41, 5.74) is -0.232. The third kappa shape index (κ3) is 6.06. The summed E-state index contributed by atoms with van der Waals surface area (Å²) in [5, 5.41) is 7.49. The highest BCUT2D eigenvalue weighted by atomic mass is 19.4. The quantitative estimate of drug-likeness (QED) is 0.362. The molecule has 2 aromatic heterocycles. The Kier molecular flexibility index (Phi) is 7.34. The van der Waals surface area contributed by atoms with Crippen LogP contribution in [0.3, 0.4) is 0 Å². The van der Waals surface area contributed by atoms with Gasteiger partial charge in [-0.15, -0.1) is 0 Å². The predicted molar refractivity (Wildman–Crippen MR) is 114 cm³/mol. The second-order valence-electron chi connectivity index (χ2n) is 7.61. The van der Waals surface area contributed by atoms with Gasteiger partial charge in [0.25, 0.3) is 0 Å². The van der Waals surface area contributed by atoms with Crippen molar-refractivity contribution in [2.75, 3.05) is 5.32 Å². The number of alkyl halides is 6. The topological polar surface area (TPSA) is 42.7 Å². The van der Waals surface area contributed by atoms with E-state index in [4.69, 9.17) is 0 Å². The zero-order valence-corrected chi connectivity index (χ0v) is 18.1. The fourth-order valence-electron chi connectivity index (χ4n) is 3.67. The van der Waals surface area contributed by atoms with Gasteiger partial charge in [-0.2, -0.15) is 31.4 Å². The lowest BCUT2D eigenvalue weighted by atomic mass is 10.0. The van der Waals surface area contributed by atoms with Crippen molar-refractivity contribution in [2.45, 2.75) is 58.0 Å². The highest BCUT2D eigenvalue weighted by Crippen LogP contribution is 2.35. The van der Waals surface area contributed by atoms with E-state index in [1.54, 1.807) is 36.7 Å². The first-order chi connectivity index (χ1) is 15.5. The number of aryl methyl sites for hydroxylation is 1. The number of allylic oxidation sites excluding steroid dienone is 6. The van der Waals surface area contributed by atoms with E-state index >= 15 is 0 Å². The van der Waals surface area contributed by atoms with Crippen molar-refractivity contribution in [3.8, 4) is 0 Å². The number of hydrogen-bond donors (Lipinski definition) is 1. The Morgan fingerprint density at radius 1 is 1.21 bits per heavy atom. The molecule has 0 bridgehead atoms. The molecule has 0 fully saturated rings. The van der Waals surface area contributed by atoms with Crippen LogP contribution in [-0.4, -0.2) is 20.9 Å². The molecule has 0 spiro atoms. The summed E-state index contributed by atoms with van der Waals surface area (Å²) in [6, 6.07) is 3.13. The molecule has 0 aromatic carbocycles. The maximum Gasteiger partial charge on any atom is 0.416 e. The number of aromatic nitrogens is 3. The van der Waals surface area contributed by atoms with E-state index in [1.807, 2.05) is 0 Å². The molecule has 0 radical (unpaired) electrons. The van der Waals surface area contributed by atoms with E-state index in [2.05, 4.69) is 15.4 Å². The van der Waals surface area contributed by atoms with Crippen LogP contribution in [0, 0.1) is 0 Å². The minimum absolute atomic E-state index is 0.0699. The fourth-order valence-corrected chi connectivity index (χ4v) is 3.67. The van der Waals surface area contributed by atoms with Gasteiger partial charge in [-0.25, -0.2) is 4.98 Å². The molecule has 2 aromatic rings.